The lowest BCUT2D eigenvalue weighted by atomic mass is 10.2. The van der Waals surface area contributed by atoms with Crippen molar-refractivity contribution < 1.29 is 18.0 Å². The minimum absolute atomic E-state index is 0.0179. The molecule has 28 heavy (non-hydrogen) atoms. The Balaban J connectivity index is 1.78. The van der Waals surface area contributed by atoms with E-state index in [1.165, 1.54) is 6.07 Å². The highest BCUT2D eigenvalue weighted by Crippen LogP contribution is 2.24. The number of amides is 1. The van der Waals surface area contributed by atoms with E-state index in [4.69, 9.17) is 0 Å². The summed E-state index contributed by atoms with van der Waals surface area (Å²) in [6.45, 7) is -1.16. The van der Waals surface area contributed by atoms with E-state index in [0.717, 1.165) is 16.9 Å². The fraction of sp³-hybridized carbons (Fsp3) is 0.263. The molecule has 1 amide bonds. The molecule has 0 saturated heterocycles. The van der Waals surface area contributed by atoms with Gasteiger partial charge < -0.3 is 15.2 Å². The number of para-hydroxylation sites is 4. The molecule has 0 spiro atoms. The zero-order valence-corrected chi connectivity index (χ0v) is 15.9. The van der Waals surface area contributed by atoms with Crippen molar-refractivity contribution >= 4 is 40.1 Å². The summed E-state index contributed by atoms with van der Waals surface area (Å²) >= 11 is 1.59. The van der Waals surface area contributed by atoms with Gasteiger partial charge in [0.05, 0.1) is 28.2 Å². The Morgan fingerprint density at radius 3 is 2.50 bits per heavy atom. The molecule has 3 rings (SSSR count). The average molecular weight is 408 g/mol. The minimum atomic E-state index is -4.35. The number of nitrogens with zero attached hydrogens (tertiary/aromatic N) is 2. The number of halogens is 3. The number of fused-ring (bicyclic) bond motifs is 1. The number of hydrogen-bond donors (Lipinski definition) is 2. The van der Waals surface area contributed by atoms with E-state index in [-0.39, 0.29) is 18.1 Å². The van der Waals surface area contributed by atoms with Crippen molar-refractivity contribution in [1.29, 1.82) is 0 Å². The number of alkyl halides is 3. The number of carbonyl (C=O) groups is 1. The normalized spacial score (nSPS) is 11.6. The summed E-state index contributed by atoms with van der Waals surface area (Å²) in [6.07, 6.45) is -2.40. The topological polar surface area (TPSA) is 59.0 Å². The fourth-order valence-electron chi connectivity index (χ4n) is 2.82. The van der Waals surface area contributed by atoms with Crippen LogP contribution in [-0.2, 0) is 17.1 Å². The molecule has 0 bridgehead atoms. The van der Waals surface area contributed by atoms with Crippen molar-refractivity contribution in [2.24, 2.45) is 0 Å². The van der Waals surface area contributed by atoms with Gasteiger partial charge in [0.1, 0.15) is 18.9 Å². The second-order valence-corrected chi connectivity index (χ2v) is 6.96. The number of carbonyl (C=O) groups excluding carboxylic acids is 1. The molecule has 1 aromatic heterocycles. The Labute approximate surface area is 164 Å². The molecule has 2 N–H and O–H groups in total. The maximum atomic E-state index is 12.6. The Kier molecular flexibility index (Phi) is 6.13. The Morgan fingerprint density at radius 1 is 1.11 bits per heavy atom. The number of hydrogen-bond acceptors (Lipinski definition) is 4. The minimum Gasteiger partial charge on any atom is -0.375 e. The van der Waals surface area contributed by atoms with Crippen molar-refractivity contribution in [3.8, 4) is 0 Å². The first-order valence-corrected chi connectivity index (χ1v) is 9.89. The van der Waals surface area contributed by atoms with Gasteiger partial charge in [0.2, 0.25) is 5.91 Å². The molecular formula is C19H19F3N4OS. The lowest BCUT2D eigenvalue weighted by molar-refractivity contribution is -0.116. The summed E-state index contributed by atoms with van der Waals surface area (Å²) in [5.41, 5.74) is 2.15. The fourth-order valence-corrected chi connectivity index (χ4v) is 3.29. The van der Waals surface area contributed by atoms with Crippen molar-refractivity contribution in [1.82, 2.24) is 9.55 Å². The largest absolute Gasteiger partial charge is 0.405 e. The van der Waals surface area contributed by atoms with Crippen LogP contribution >= 0.6 is 11.8 Å². The van der Waals surface area contributed by atoms with Crippen LogP contribution in [0.2, 0.25) is 0 Å². The lowest BCUT2D eigenvalue weighted by Gasteiger charge is -2.15. The first-order valence-electron chi connectivity index (χ1n) is 8.50. The predicted molar refractivity (Wildman–Crippen MR) is 107 cm³/mol. The molecule has 0 aliphatic carbocycles. The van der Waals surface area contributed by atoms with Gasteiger partial charge >= 0.3 is 6.18 Å². The molecular weight excluding hydrogens is 389 g/mol. The summed E-state index contributed by atoms with van der Waals surface area (Å²) in [6, 6.07) is 13.8. The Morgan fingerprint density at radius 2 is 1.79 bits per heavy atom. The highest BCUT2D eigenvalue weighted by Gasteiger charge is 2.27. The van der Waals surface area contributed by atoms with Crippen LogP contribution in [0.5, 0.6) is 0 Å². The number of anilines is 2. The number of rotatable bonds is 7. The lowest BCUT2D eigenvalue weighted by Crippen LogP contribution is -2.23. The van der Waals surface area contributed by atoms with Gasteiger partial charge in [-0.1, -0.05) is 24.3 Å². The highest BCUT2D eigenvalue weighted by molar-refractivity contribution is 7.97. The van der Waals surface area contributed by atoms with Crippen LogP contribution in [0.1, 0.15) is 5.82 Å². The maximum Gasteiger partial charge on any atom is 0.405 e. The van der Waals surface area contributed by atoms with Gasteiger partial charge in [0.25, 0.3) is 0 Å². The second kappa shape index (κ2) is 8.55. The van der Waals surface area contributed by atoms with Crippen molar-refractivity contribution in [3.63, 3.8) is 0 Å². The molecule has 0 unspecified atom stereocenters. The first kappa shape index (κ1) is 20.1. The van der Waals surface area contributed by atoms with E-state index in [0.29, 0.717) is 11.4 Å². The molecule has 0 saturated carbocycles. The Bertz CT molecular complexity index is 971. The molecule has 5 nitrogen and oxygen atoms in total. The van der Waals surface area contributed by atoms with Crippen molar-refractivity contribution in [3.05, 3.63) is 54.4 Å². The second-order valence-electron chi connectivity index (χ2n) is 6.10. The quantitative estimate of drug-likeness (QED) is 0.604. The van der Waals surface area contributed by atoms with Crippen molar-refractivity contribution in [2.45, 2.75) is 18.5 Å². The number of thioether (sulfide) groups is 1. The molecule has 148 valence electrons. The van der Waals surface area contributed by atoms with Crippen molar-refractivity contribution in [2.75, 3.05) is 23.4 Å². The van der Waals surface area contributed by atoms with Gasteiger partial charge in [-0.2, -0.15) is 24.9 Å². The van der Waals surface area contributed by atoms with E-state index in [9.17, 15) is 18.0 Å². The first-order chi connectivity index (χ1) is 13.4. The molecule has 0 aliphatic rings. The Hall–Kier alpha value is -2.68. The van der Waals surface area contributed by atoms with E-state index in [1.54, 1.807) is 30.0 Å². The molecule has 2 aromatic carbocycles. The molecule has 3 aromatic rings. The van der Waals surface area contributed by atoms with Crippen LogP contribution in [-0.4, -0.2) is 34.4 Å². The number of benzene rings is 2. The summed E-state index contributed by atoms with van der Waals surface area (Å²) < 4.78 is 39.3. The number of imidazole rings is 1. The van der Waals surface area contributed by atoms with E-state index in [2.05, 4.69) is 15.6 Å². The third-order valence-electron chi connectivity index (χ3n) is 3.99. The molecule has 0 atom stereocenters. The molecule has 0 fully saturated rings. The van der Waals surface area contributed by atoms with Crippen LogP contribution in [0, 0.1) is 0 Å². The summed E-state index contributed by atoms with van der Waals surface area (Å²) in [4.78, 5) is 17.2. The predicted octanol–water partition coefficient (Wildman–Crippen LogP) is 4.51. The maximum absolute atomic E-state index is 12.6. The van der Waals surface area contributed by atoms with Crippen LogP contribution in [0.4, 0.5) is 24.5 Å². The summed E-state index contributed by atoms with van der Waals surface area (Å²) in [7, 11) is 0. The average Bonchev–Trinajstić information content (AvgIpc) is 2.98. The summed E-state index contributed by atoms with van der Waals surface area (Å²) in [5, 5.41) is 5.01. The highest BCUT2D eigenvalue weighted by atomic mass is 32.2. The smallest absolute Gasteiger partial charge is 0.375 e. The van der Waals surface area contributed by atoms with Gasteiger partial charge in [0.15, 0.2) is 0 Å². The van der Waals surface area contributed by atoms with Crippen LogP contribution in [0.25, 0.3) is 11.0 Å². The monoisotopic (exact) mass is 408 g/mol. The van der Waals surface area contributed by atoms with Gasteiger partial charge in [-0.25, -0.2) is 4.98 Å². The third kappa shape index (κ3) is 4.98. The van der Waals surface area contributed by atoms with Crippen LogP contribution < -0.4 is 10.6 Å². The van der Waals surface area contributed by atoms with E-state index < -0.39 is 12.7 Å². The standard InChI is InChI=1S/C19H19F3N4OS/c1-28-11-17-24-15-8-4-5-9-16(15)26(17)10-18(27)25-14-7-3-2-6-13(14)23-12-19(20,21)22/h2-9,23H,10-12H2,1H3,(H,25,27). The zero-order chi connectivity index (χ0) is 20.1. The third-order valence-corrected chi connectivity index (χ3v) is 4.54. The molecule has 0 aliphatic heterocycles. The van der Waals surface area contributed by atoms with E-state index in [1.807, 2.05) is 35.1 Å². The van der Waals surface area contributed by atoms with Gasteiger partial charge in [0, 0.05) is 0 Å². The SMILES string of the molecule is CSCc1nc2ccccc2n1CC(=O)Nc1ccccc1NCC(F)(F)F. The van der Waals surface area contributed by atoms with Gasteiger partial charge in [-0.3, -0.25) is 4.79 Å². The molecule has 0 radical (unpaired) electrons. The van der Waals surface area contributed by atoms with Gasteiger partial charge in [-0.15, -0.1) is 0 Å². The summed E-state index contributed by atoms with van der Waals surface area (Å²) in [5.74, 6) is 1.07. The number of aromatic nitrogens is 2. The molecule has 9 heteroatoms. The zero-order valence-electron chi connectivity index (χ0n) is 15.1. The van der Waals surface area contributed by atoms with E-state index >= 15 is 0 Å². The molecule has 1 heterocycles. The van der Waals surface area contributed by atoms with Gasteiger partial charge in [-0.05, 0) is 30.5 Å². The number of nitrogens with one attached hydrogen (secondary N) is 2. The van der Waals surface area contributed by atoms with Crippen LogP contribution in [0.3, 0.4) is 0 Å². The van der Waals surface area contributed by atoms with Crippen LogP contribution in [0.15, 0.2) is 48.5 Å².